The second-order valence-electron chi connectivity index (χ2n) is 5.89. The molecule has 0 saturated carbocycles. The van der Waals surface area contributed by atoms with Gasteiger partial charge in [-0.15, -0.1) is 11.3 Å². The van der Waals surface area contributed by atoms with E-state index in [9.17, 15) is 8.42 Å². The van der Waals surface area contributed by atoms with Crippen molar-refractivity contribution in [1.82, 2.24) is 10.2 Å². The maximum atomic E-state index is 11.5. The molecule has 2 aromatic rings. The van der Waals surface area contributed by atoms with Crippen LogP contribution in [0.1, 0.15) is 11.8 Å². The van der Waals surface area contributed by atoms with Crippen LogP contribution in [0.25, 0.3) is 0 Å². The lowest BCUT2D eigenvalue weighted by Crippen LogP contribution is -2.38. The molecule has 1 heterocycles. The van der Waals surface area contributed by atoms with Crippen molar-refractivity contribution in [2.75, 3.05) is 33.0 Å². The van der Waals surface area contributed by atoms with E-state index < -0.39 is 9.84 Å². The zero-order valence-electron chi connectivity index (χ0n) is 15.6. The summed E-state index contributed by atoms with van der Waals surface area (Å²) in [7, 11) is -1.22. The average molecular weight is 430 g/mol. The number of hydrogen-bond donors (Lipinski definition) is 1. The van der Waals surface area contributed by atoms with Gasteiger partial charge in [-0.3, -0.25) is 0 Å². The van der Waals surface area contributed by atoms with E-state index in [-0.39, 0.29) is 4.90 Å². The largest absolute Gasteiger partial charge is 0.492 e. The fourth-order valence-corrected chi connectivity index (χ4v) is 4.08. The van der Waals surface area contributed by atoms with Gasteiger partial charge < -0.3 is 15.0 Å². The number of rotatable bonds is 8. The van der Waals surface area contributed by atoms with Gasteiger partial charge in [0.1, 0.15) is 12.4 Å². The second kappa shape index (κ2) is 9.96. The van der Waals surface area contributed by atoms with Gasteiger partial charge in [0.25, 0.3) is 0 Å². The van der Waals surface area contributed by atoms with Crippen molar-refractivity contribution in [3.63, 3.8) is 0 Å². The molecule has 27 heavy (non-hydrogen) atoms. The molecule has 9 heteroatoms. The van der Waals surface area contributed by atoms with Crippen LogP contribution in [0.5, 0.6) is 5.75 Å². The third kappa shape index (κ3) is 7.04. The summed E-state index contributed by atoms with van der Waals surface area (Å²) in [4.78, 5) is 8.04. The summed E-state index contributed by atoms with van der Waals surface area (Å²) in [6.45, 7) is 4.38. The highest BCUT2D eigenvalue weighted by molar-refractivity contribution is 7.90. The van der Waals surface area contributed by atoms with Gasteiger partial charge in [0, 0.05) is 24.7 Å². The zero-order chi connectivity index (χ0) is 19.9. The van der Waals surface area contributed by atoms with Crippen molar-refractivity contribution in [3.8, 4) is 5.75 Å². The van der Waals surface area contributed by atoms with Gasteiger partial charge in [-0.25, -0.2) is 13.4 Å². The standard InChI is InChI=1S/C18H24ClN3O3S2/c1-4-20-18(22(2)13-15-7-10-17(19)26-15)21-11-12-25-14-5-8-16(9-6-14)27(3,23)24/h5-10H,4,11-13H2,1-3H3,(H,20,21). The Hall–Kier alpha value is -1.77. The van der Waals surface area contributed by atoms with Crippen molar-refractivity contribution in [2.24, 2.45) is 4.99 Å². The smallest absolute Gasteiger partial charge is 0.194 e. The van der Waals surface area contributed by atoms with Crippen LogP contribution in [-0.4, -0.2) is 52.3 Å². The number of guanidine groups is 1. The summed E-state index contributed by atoms with van der Waals surface area (Å²) < 4.78 is 29.3. The predicted molar refractivity (Wildman–Crippen MR) is 112 cm³/mol. The van der Waals surface area contributed by atoms with Gasteiger partial charge in [-0.2, -0.15) is 0 Å². The fourth-order valence-electron chi connectivity index (χ4n) is 2.31. The molecule has 0 spiro atoms. The highest BCUT2D eigenvalue weighted by atomic mass is 35.5. The maximum absolute atomic E-state index is 11.5. The minimum Gasteiger partial charge on any atom is -0.492 e. The third-order valence-corrected chi connectivity index (χ3v) is 5.94. The lowest BCUT2D eigenvalue weighted by atomic mass is 10.3. The SMILES string of the molecule is CCNC(=NCCOc1ccc(S(C)(=O)=O)cc1)N(C)Cc1ccc(Cl)s1. The third-order valence-electron chi connectivity index (χ3n) is 3.59. The number of nitrogens with one attached hydrogen (secondary N) is 1. The van der Waals surface area contributed by atoms with Crippen molar-refractivity contribution in [2.45, 2.75) is 18.4 Å². The van der Waals surface area contributed by atoms with Gasteiger partial charge in [0.05, 0.1) is 22.3 Å². The summed E-state index contributed by atoms with van der Waals surface area (Å²) in [6.07, 6.45) is 1.18. The van der Waals surface area contributed by atoms with Gasteiger partial charge >= 0.3 is 0 Å². The van der Waals surface area contributed by atoms with E-state index in [2.05, 4.69) is 10.3 Å². The Morgan fingerprint density at radius 3 is 2.52 bits per heavy atom. The highest BCUT2D eigenvalue weighted by Crippen LogP contribution is 2.22. The van der Waals surface area contributed by atoms with E-state index in [0.717, 1.165) is 28.3 Å². The Balaban J connectivity index is 1.88. The van der Waals surface area contributed by atoms with E-state index in [0.29, 0.717) is 18.9 Å². The maximum Gasteiger partial charge on any atom is 0.194 e. The van der Waals surface area contributed by atoms with E-state index in [1.165, 1.54) is 18.4 Å². The van der Waals surface area contributed by atoms with Gasteiger partial charge in [0.2, 0.25) is 0 Å². The lowest BCUT2D eigenvalue weighted by Gasteiger charge is -2.21. The van der Waals surface area contributed by atoms with Gasteiger partial charge in [-0.05, 0) is 43.3 Å². The molecule has 0 amide bonds. The van der Waals surface area contributed by atoms with Crippen LogP contribution >= 0.6 is 22.9 Å². The van der Waals surface area contributed by atoms with Crippen LogP contribution < -0.4 is 10.1 Å². The molecule has 6 nitrogen and oxygen atoms in total. The predicted octanol–water partition coefficient (Wildman–Crippen LogP) is 3.28. The number of thiophene rings is 1. The molecule has 1 aromatic carbocycles. The molecule has 0 aliphatic heterocycles. The molecule has 148 valence electrons. The number of ether oxygens (including phenoxy) is 1. The van der Waals surface area contributed by atoms with Crippen LogP contribution in [0.4, 0.5) is 0 Å². The second-order valence-corrected chi connectivity index (χ2v) is 9.70. The molecule has 0 radical (unpaired) electrons. The monoisotopic (exact) mass is 429 g/mol. The Morgan fingerprint density at radius 2 is 1.96 bits per heavy atom. The number of hydrogen-bond acceptors (Lipinski definition) is 5. The van der Waals surface area contributed by atoms with Crippen LogP contribution in [0.15, 0.2) is 46.3 Å². The van der Waals surface area contributed by atoms with E-state index in [1.807, 2.05) is 31.0 Å². The molecule has 0 bridgehead atoms. The molecule has 0 fully saturated rings. The van der Waals surface area contributed by atoms with Crippen molar-refractivity contribution in [1.29, 1.82) is 0 Å². The van der Waals surface area contributed by atoms with Crippen LogP contribution in [0, 0.1) is 0 Å². The molecule has 1 N–H and O–H groups in total. The fraction of sp³-hybridized carbons (Fsp3) is 0.389. The molecule has 2 rings (SSSR count). The van der Waals surface area contributed by atoms with E-state index in [1.54, 1.807) is 23.5 Å². The molecule has 0 unspecified atom stereocenters. The van der Waals surface area contributed by atoms with Crippen molar-refractivity contribution >= 4 is 38.7 Å². The minimum absolute atomic E-state index is 0.276. The molecule has 0 atom stereocenters. The Bertz CT molecular complexity index is 864. The summed E-state index contributed by atoms with van der Waals surface area (Å²) in [6, 6.07) is 10.3. The zero-order valence-corrected chi connectivity index (χ0v) is 18.0. The Labute approximate surface area is 169 Å². The number of sulfone groups is 1. The van der Waals surface area contributed by atoms with Crippen LogP contribution in [0.2, 0.25) is 4.34 Å². The van der Waals surface area contributed by atoms with E-state index in [4.69, 9.17) is 16.3 Å². The van der Waals surface area contributed by atoms with Gasteiger partial charge in [-0.1, -0.05) is 11.6 Å². The molecule has 0 aliphatic rings. The van der Waals surface area contributed by atoms with Gasteiger partial charge in [0.15, 0.2) is 15.8 Å². The minimum atomic E-state index is -3.19. The Kier molecular flexibility index (Phi) is 7.94. The normalized spacial score (nSPS) is 12.1. The Morgan fingerprint density at radius 1 is 1.26 bits per heavy atom. The van der Waals surface area contributed by atoms with E-state index >= 15 is 0 Å². The first kappa shape index (κ1) is 21.5. The first-order valence-electron chi connectivity index (χ1n) is 8.46. The first-order valence-corrected chi connectivity index (χ1v) is 11.5. The molecule has 0 aliphatic carbocycles. The highest BCUT2D eigenvalue weighted by Gasteiger charge is 2.09. The van der Waals surface area contributed by atoms with Crippen LogP contribution in [-0.2, 0) is 16.4 Å². The van der Waals surface area contributed by atoms with Crippen molar-refractivity contribution < 1.29 is 13.2 Å². The number of nitrogens with zero attached hydrogens (tertiary/aromatic N) is 2. The quantitative estimate of drug-likeness (QED) is 0.396. The number of aliphatic imine (C=N–C) groups is 1. The summed E-state index contributed by atoms with van der Waals surface area (Å²) in [5, 5.41) is 3.26. The molecule has 0 saturated heterocycles. The first-order chi connectivity index (χ1) is 12.8. The summed E-state index contributed by atoms with van der Waals surface area (Å²) in [5.41, 5.74) is 0. The summed E-state index contributed by atoms with van der Waals surface area (Å²) >= 11 is 7.54. The number of halogens is 1. The molecule has 1 aromatic heterocycles. The summed E-state index contributed by atoms with van der Waals surface area (Å²) in [5.74, 6) is 1.40. The lowest BCUT2D eigenvalue weighted by molar-refractivity contribution is 0.327. The molecular formula is C18H24ClN3O3S2. The average Bonchev–Trinajstić information content (AvgIpc) is 3.02. The molecular weight excluding hydrogens is 406 g/mol. The topological polar surface area (TPSA) is 71.0 Å². The van der Waals surface area contributed by atoms with Crippen molar-refractivity contribution in [3.05, 3.63) is 45.6 Å². The number of benzene rings is 1. The van der Waals surface area contributed by atoms with Crippen LogP contribution in [0.3, 0.4) is 0 Å².